The summed E-state index contributed by atoms with van der Waals surface area (Å²) in [5, 5.41) is 11.6. The Bertz CT molecular complexity index is 444. The SMILES string of the molecule is CC(=O)NCCSCC(C)C(=O)CCC(C)=CCCC(C)=CCO. The normalized spacial score (nSPS) is 13.7. The number of aliphatic hydroxyl groups excluding tert-OH is 1. The van der Waals surface area contributed by atoms with E-state index in [1.54, 1.807) is 11.8 Å². The highest BCUT2D eigenvalue weighted by Gasteiger charge is 2.12. The van der Waals surface area contributed by atoms with Crippen molar-refractivity contribution in [2.45, 2.75) is 53.4 Å². The van der Waals surface area contributed by atoms with Crippen molar-refractivity contribution in [1.82, 2.24) is 5.32 Å². The third-order valence-corrected chi connectivity index (χ3v) is 5.00. The van der Waals surface area contributed by atoms with Crippen LogP contribution in [0.1, 0.15) is 53.4 Å². The van der Waals surface area contributed by atoms with Crippen LogP contribution in [-0.2, 0) is 9.59 Å². The van der Waals surface area contributed by atoms with Crippen LogP contribution in [0.15, 0.2) is 23.3 Å². The van der Waals surface area contributed by atoms with Gasteiger partial charge in [0, 0.05) is 37.3 Å². The molecular formula is C19H33NO3S. The molecule has 0 radical (unpaired) electrons. The van der Waals surface area contributed by atoms with Crippen LogP contribution >= 0.6 is 11.8 Å². The molecule has 0 aromatic rings. The van der Waals surface area contributed by atoms with Crippen molar-refractivity contribution in [3.05, 3.63) is 23.3 Å². The van der Waals surface area contributed by atoms with Gasteiger partial charge >= 0.3 is 0 Å². The molecule has 0 bridgehead atoms. The molecule has 2 N–H and O–H groups in total. The molecule has 0 aliphatic rings. The highest BCUT2D eigenvalue weighted by molar-refractivity contribution is 7.99. The van der Waals surface area contributed by atoms with E-state index in [1.807, 2.05) is 19.9 Å². The average Bonchev–Trinajstić information content (AvgIpc) is 2.52. The molecule has 0 saturated heterocycles. The van der Waals surface area contributed by atoms with E-state index in [2.05, 4.69) is 18.3 Å². The summed E-state index contributed by atoms with van der Waals surface area (Å²) >= 11 is 1.71. The number of rotatable bonds is 13. The lowest BCUT2D eigenvalue weighted by atomic mass is 10.0. The summed E-state index contributed by atoms with van der Waals surface area (Å²) in [5.41, 5.74) is 2.45. The first kappa shape index (κ1) is 22.9. The second-order valence-corrected chi connectivity index (χ2v) is 7.40. The summed E-state index contributed by atoms with van der Waals surface area (Å²) in [6.45, 7) is 8.35. The van der Waals surface area contributed by atoms with Gasteiger partial charge in [-0.2, -0.15) is 11.8 Å². The van der Waals surface area contributed by atoms with Crippen LogP contribution in [-0.4, -0.2) is 41.5 Å². The average molecular weight is 356 g/mol. The second-order valence-electron chi connectivity index (χ2n) is 6.25. The number of Topliss-reactive ketones (excluding diaryl/α,β-unsaturated/α-hetero) is 1. The summed E-state index contributed by atoms with van der Waals surface area (Å²) in [7, 11) is 0. The van der Waals surface area contributed by atoms with Gasteiger partial charge in [-0.25, -0.2) is 0 Å². The Kier molecular flexibility index (Phi) is 13.7. The largest absolute Gasteiger partial charge is 0.392 e. The number of nitrogens with one attached hydrogen (secondary N) is 1. The maximum atomic E-state index is 12.1. The zero-order valence-electron chi connectivity index (χ0n) is 15.6. The minimum Gasteiger partial charge on any atom is -0.392 e. The quantitative estimate of drug-likeness (QED) is 0.392. The van der Waals surface area contributed by atoms with E-state index in [1.165, 1.54) is 18.1 Å². The van der Waals surface area contributed by atoms with Crippen LogP contribution < -0.4 is 5.32 Å². The first-order valence-corrected chi connectivity index (χ1v) is 9.79. The summed E-state index contributed by atoms with van der Waals surface area (Å²) < 4.78 is 0. The first-order chi connectivity index (χ1) is 11.4. The van der Waals surface area contributed by atoms with Gasteiger partial charge in [-0.1, -0.05) is 30.2 Å². The monoisotopic (exact) mass is 355 g/mol. The lowest BCUT2D eigenvalue weighted by Gasteiger charge is -2.10. The van der Waals surface area contributed by atoms with Crippen LogP contribution in [0.25, 0.3) is 0 Å². The Labute approximate surface area is 151 Å². The van der Waals surface area contributed by atoms with Gasteiger partial charge in [0.2, 0.25) is 5.91 Å². The third kappa shape index (κ3) is 13.4. The van der Waals surface area contributed by atoms with Crippen LogP contribution in [0.2, 0.25) is 0 Å². The Morgan fingerprint density at radius 2 is 1.75 bits per heavy atom. The highest BCUT2D eigenvalue weighted by atomic mass is 32.2. The molecule has 0 aliphatic heterocycles. The molecular weight excluding hydrogens is 322 g/mol. The molecule has 138 valence electrons. The first-order valence-electron chi connectivity index (χ1n) is 8.63. The van der Waals surface area contributed by atoms with Crippen molar-refractivity contribution in [2.75, 3.05) is 24.7 Å². The number of ketones is 1. The van der Waals surface area contributed by atoms with Crippen molar-refractivity contribution < 1.29 is 14.7 Å². The summed E-state index contributed by atoms with van der Waals surface area (Å²) in [6.07, 6.45) is 7.35. The van der Waals surface area contributed by atoms with Gasteiger partial charge in [-0.3, -0.25) is 9.59 Å². The predicted octanol–water partition coefficient (Wildman–Crippen LogP) is 3.51. The fourth-order valence-electron chi connectivity index (χ4n) is 2.13. The van der Waals surface area contributed by atoms with Crippen molar-refractivity contribution >= 4 is 23.5 Å². The Balaban J connectivity index is 3.89. The van der Waals surface area contributed by atoms with Gasteiger partial charge in [0.05, 0.1) is 6.61 Å². The number of carbonyl (C=O) groups excluding carboxylic acids is 2. The van der Waals surface area contributed by atoms with Gasteiger partial charge < -0.3 is 10.4 Å². The maximum Gasteiger partial charge on any atom is 0.216 e. The predicted molar refractivity (Wildman–Crippen MR) is 103 cm³/mol. The van der Waals surface area contributed by atoms with Crippen LogP contribution in [0.4, 0.5) is 0 Å². The van der Waals surface area contributed by atoms with E-state index >= 15 is 0 Å². The lowest BCUT2D eigenvalue weighted by molar-refractivity contribution is -0.121. The number of allylic oxidation sites excluding steroid dienone is 3. The van der Waals surface area contributed by atoms with E-state index in [0.29, 0.717) is 18.7 Å². The van der Waals surface area contributed by atoms with E-state index in [4.69, 9.17) is 5.11 Å². The molecule has 5 heteroatoms. The summed E-state index contributed by atoms with van der Waals surface area (Å²) in [4.78, 5) is 22.9. The van der Waals surface area contributed by atoms with Gasteiger partial charge in [0.15, 0.2) is 0 Å². The minimum absolute atomic E-state index is 0.0102. The van der Waals surface area contributed by atoms with Gasteiger partial charge in [-0.05, 0) is 33.1 Å². The van der Waals surface area contributed by atoms with Crippen molar-refractivity contribution in [1.29, 1.82) is 0 Å². The molecule has 4 nitrogen and oxygen atoms in total. The van der Waals surface area contributed by atoms with Crippen LogP contribution in [0, 0.1) is 5.92 Å². The Hall–Kier alpha value is -1.07. The number of thioether (sulfide) groups is 1. The maximum absolute atomic E-state index is 12.1. The molecule has 0 spiro atoms. The number of amides is 1. The number of hydrogen-bond donors (Lipinski definition) is 2. The minimum atomic E-state index is -0.0102. The van der Waals surface area contributed by atoms with E-state index in [9.17, 15) is 9.59 Å². The molecule has 0 rings (SSSR count). The third-order valence-electron chi connectivity index (χ3n) is 3.77. The molecule has 1 amide bonds. The molecule has 0 aromatic carbocycles. The highest BCUT2D eigenvalue weighted by Crippen LogP contribution is 2.15. The molecule has 0 heterocycles. The lowest BCUT2D eigenvalue weighted by Crippen LogP contribution is -2.23. The van der Waals surface area contributed by atoms with E-state index in [-0.39, 0.29) is 18.4 Å². The molecule has 0 fully saturated rings. The van der Waals surface area contributed by atoms with Crippen LogP contribution in [0.3, 0.4) is 0 Å². The van der Waals surface area contributed by atoms with Gasteiger partial charge in [0.25, 0.3) is 0 Å². The van der Waals surface area contributed by atoms with Gasteiger partial charge in [-0.15, -0.1) is 0 Å². The zero-order chi connectivity index (χ0) is 18.4. The molecule has 0 saturated carbocycles. The van der Waals surface area contributed by atoms with Crippen LogP contribution in [0.5, 0.6) is 0 Å². The molecule has 1 atom stereocenters. The topological polar surface area (TPSA) is 66.4 Å². The molecule has 24 heavy (non-hydrogen) atoms. The molecule has 1 unspecified atom stereocenters. The Morgan fingerprint density at radius 3 is 2.38 bits per heavy atom. The molecule has 0 aromatic heterocycles. The number of aliphatic hydroxyl groups is 1. The van der Waals surface area contributed by atoms with E-state index < -0.39 is 0 Å². The fraction of sp³-hybridized carbons (Fsp3) is 0.684. The smallest absolute Gasteiger partial charge is 0.216 e. The van der Waals surface area contributed by atoms with Crippen molar-refractivity contribution in [3.63, 3.8) is 0 Å². The molecule has 0 aliphatic carbocycles. The summed E-state index contributed by atoms with van der Waals surface area (Å²) in [6, 6.07) is 0. The van der Waals surface area contributed by atoms with Crippen molar-refractivity contribution in [3.8, 4) is 0 Å². The van der Waals surface area contributed by atoms with Gasteiger partial charge in [0.1, 0.15) is 5.78 Å². The van der Waals surface area contributed by atoms with E-state index in [0.717, 1.165) is 30.8 Å². The van der Waals surface area contributed by atoms with Crippen molar-refractivity contribution in [2.24, 2.45) is 5.92 Å². The standard InChI is InChI=1S/C19H33NO3S/c1-15(6-5-7-16(2)10-12-21)8-9-19(23)17(3)14-24-13-11-20-18(4)22/h6,10,17,21H,5,7-9,11-14H2,1-4H3,(H,20,22). The zero-order valence-corrected chi connectivity index (χ0v) is 16.4. The summed E-state index contributed by atoms with van der Waals surface area (Å²) in [5.74, 6) is 2.02. The Morgan fingerprint density at radius 1 is 1.08 bits per heavy atom. The fourth-order valence-corrected chi connectivity index (χ4v) is 3.08. The number of carbonyl (C=O) groups is 2. The second kappa shape index (κ2) is 14.3. The number of hydrogen-bond acceptors (Lipinski definition) is 4.